The summed E-state index contributed by atoms with van der Waals surface area (Å²) in [4.78, 5) is 28.0. The van der Waals surface area contributed by atoms with E-state index in [2.05, 4.69) is 0 Å². The maximum atomic E-state index is 14.4. The Morgan fingerprint density at radius 3 is 2.00 bits per heavy atom. The minimum absolute atomic E-state index is 0.117. The van der Waals surface area contributed by atoms with Gasteiger partial charge in [0.25, 0.3) is 5.91 Å². The molecule has 1 saturated heterocycles. The summed E-state index contributed by atoms with van der Waals surface area (Å²) in [6.45, 7) is 5.21. The normalized spacial score (nSPS) is 14.0. The van der Waals surface area contributed by atoms with Gasteiger partial charge in [-0.15, -0.1) is 0 Å². The molecule has 0 unspecified atom stereocenters. The van der Waals surface area contributed by atoms with Gasteiger partial charge in [0.05, 0.1) is 19.9 Å². The number of piperazine rings is 1. The van der Waals surface area contributed by atoms with Crippen LogP contribution in [0.2, 0.25) is 0 Å². The molecule has 154 valence electrons. The topological polar surface area (TPSA) is 59.1 Å². The van der Waals surface area contributed by atoms with E-state index in [1.165, 1.54) is 13.0 Å². The molecule has 1 fully saturated rings. The lowest BCUT2D eigenvalue weighted by Crippen LogP contribution is -2.49. The zero-order valence-corrected chi connectivity index (χ0v) is 17.1. The van der Waals surface area contributed by atoms with Crippen molar-refractivity contribution in [3.63, 3.8) is 0 Å². The van der Waals surface area contributed by atoms with Crippen molar-refractivity contribution in [2.45, 2.75) is 13.8 Å². The van der Waals surface area contributed by atoms with E-state index in [1.807, 2.05) is 11.8 Å². The zero-order chi connectivity index (χ0) is 21.1. The van der Waals surface area contributed by atoms with E-state index in [-0.39, 0.29) is 11.7 Å². The number of ketones is 1. The number of carbonyl (C=O) groups is 2. The lowest BCUT2D eigenvalue weighted by atomic mass is 10.1. The van der Waals surface area contributed by atoms with Crippen molar-refractivity contribution >= 4 is 17.4 Å². The van der Waals surface area contributed by atoms with Crippen molar-refractivity contribution in [2.75, 3.05) is 45.3 Å². The molecule has 7 heteroatoms. The number of ether oxygens (including phenoxy) is 2. The molecule has 0 radical (unpaired) electrons. The van der Waals surface area contributed by atoms with Gasteiger partial charge in [0.15, 0.2) is 5.78 Å². The van der Waals surface area contributed by atoms with Crippen molar-refractivity contribution in [2.24, 2.45) is 0 Å². The van der Waals surface area contributed by atoms with Gasteiger partial charge >= 0.3 is 0 Å². The fourth-order valence-electron chi connectivity index (χ4n) is 3.52. The van der Waals surface area contributed by atoms with Crippen LogP contribution in [0.15, 0.2) is 30.3 Å². The highest BCUT2D eigenvalue weighted by atomic mass is 19.1. The van der Waals surface area contributed by atoms with Gasteiger partial charge in [-0.2, -0.15) is 0 Å². The van der Waals surface area contributed by atoms with E-state index in [4.69, 9.17) is 9.47 Å². The first kappa shape index (κ1) is 20.6. The average Bonchev–Trinajstić information content (AvgIpc) is 2.73. The van der Waals surface area contributed by atoms with Crippen LogP contribution in [0.3, 0.4) is 0 Å². The monoisotopic (exact) mass is 400 g/mol. The quantitative estimate of drug-likeness (QED) is 0.721. The lowest BCUT2D eigenvalue weighted by molar-refractivity contribution is 0.0745. The number of rotatable bonds is 5. The highest BCUT2D eigenvalue weighted by Gasteiger charge is 2.25. The molecule has 0 aliphatic carbocycles. The fraction of sp³-hybridized carbons (Fsp3) is 0.364. The highest BCUT2D eigenvalue weighted by molar-refractivity contribution is 5.96. The molecule has 0 N–H and O–H groups in total. The second-order valence-corrected chi connectivity index (χ2v) is 7.01. The second-order valence-electron chi connectivity index (χ2n) is 7.01. The number of anilines is 1. The largest absolute Gasteiger partial charge is 0.496 e. The van der Waals surface area contributed by atoms with Crippen molar-refractivity contribution in [3.05, 3.63) is 52.8 Å². The molecule has 3 rings (SSSR count). The van der Waals surface area contributed by atoms with Crippen LogP contribution in [-0.4, -0.2) is 57.0 Å². The molecule has 0 atom stereocenters. The first-order valence-electron chi connectivity index (χ1n) is 9.43. The number of amides is 1. The maximum Gasteiger partial charge on any atom is 0.254 e. The molecule has 2 aromatic carbocycles. The van der Waals surface area contributed by atoms with Crippen LogP contribution in [0.5, 0.6) is 11.5 Å². The van der Waals surface area contributed by atoms with E-state index in [0.717, 1.165) is 5.56 Å². The number of nitrogens with zero attached hydrogens (tertiary/aromatic N) is 2. The Morgan fingerprint density at radius 2 is 1.52 bits per heavy atom. The fourth-order valence-corrected chi connectivity index (χ4v) is 3.52. The highest BCUT2D eigenvalue weighted by Crippen LogP contribution is 2.30. The summed E-state index contributed by atoms with van der Waals surface area (Å²) in [6, 6.07) is 7.95. The third kappa shape index (κ3) is 4.18. The summed E-state index contributed by atoms with van der Waals surface area (Å²) in [5.74, 6) is 0.479. The Kier molecular flexibility index (Phi) is 6.06. The molecule has 29 heavy (non-hydrogen) atoms. The molecule has 0 spiro atoms. The second kappa shape index (κ2) is 8.51. The van der Waals surface area contributed by atoms with Crippen LogP contribution in [-0.2, 0) is 0 Å². The van der Waals surface area contributed by atoms with Crippen LogP contribution in [0.25, 0.3) is 0 Å². The standard InChI is InChI=1S/C22H25FN2O4/c1-14-20(28-3)12-17(13-21(14)29-4)22(27)25-9-7-24(8-10-25)19-6-5-16(15(2)26)11-18(19)23/h5-6,11-13H,7-10H2,1-4H3. The van der Waals surface area contributed by atoms with Crippen LogP contribution in [0.1, 0.15) is 33.2 Å². The SMILES string of the molecule is COc1cc(C(=O)N2CCN(c3ccc(C(C)=O)cc3F)CC2)cc(OC)c1C. The predicted molar refractivity (Wildman–Crippen MR) is 109 cm³/mol. The smallest absolute Gasteiger partial charge is 0.254 e. The third-order valence-corrected chi connectivity index (χ3v) is 5.26. The molecule has 1 aliphatic rings. The number of methoxy groups -OCH3 is 2. The molecule has 0 saturated carbocycles. The van der Waals surface area contributed by atoms with Gasteiger partial charge in [-0.1, -0.05) is 0 Å². The van der Waals surface area contributed by atoms with E-state index in [9.17, 15) is 14.0 Å². The van der Waals surface area contributed by atoms with E-state index < -0.39 is 5.82 Å². The molecule has 1 amide bonds. The Hall–Kier alpha value is -3.09. The first-order chi connectivity index (χ1) is 13.8. The predicted octanol–water partition coefficient (Wildman–Crippen LogP) is 3.32. The molecule has 1 aliphatic heterocycles. The van der Waals surface area contributed by atoms with Crippen LogP contribution >= 0.6 is 0 Å². The van der Waals surface area contributed by atoms with Crippen molar-refractivity contribution in [3.8, 4) is 11.5 Å². The Morgan fingerprint density at radius 1 is 0.931 bits per heavy atom. The molecule has 6 nitrogen and oxygen atoms in total. The number of benzene rings is 2. The molecule has 1 heterocycles. The third-order valence-electron chi connectivity index (χ3n) is 5.26. The first-order valence-corrected chi connectivity index (χ1v) is 9.43. The summed E-state index contributed by atoms with van der Waals surface area (Å²) >= 11 is 0. The molecular formula is C22H25FN2O4. The van der Waals surface area contributed by atoms with E-state index >= 15 is 0 Å². The zero-order valence-electron chi connectivity index (χ0n) is 17.1. The number of carbonyl (C=O) groups excluding carboxylic acids is 2. The van der Waals surface area contributed by atoms with Gasteiger partial charge in [-0.25, -0.2) is 4.39 Å². The summed E-state index contributed by atoms with van der Waals surface area (Å²) in [6.07, 6.45) is 0. The van der Waals surface area contributed by atoms with Gasteiger partial charge in [-0.3, -0.25) is 9.59 Å². The van der Waals surface area contributed by atoms with Gasteiger partial charge < -0.3 is 19.3 Å². The minimum Gasteiger partial charge on any atom is -0.496 e. The number of Topliss-reactive ketones (excluding diaryl/α,β-unsaturated/α-hetero) is 1. The van der Waals surface area contributed by atoms with E-state index in [1.54, 1.807) is 43.4 Å². The van der Waals surface area contributed by atoms with Gasteiger partial charge in [0.1, 0.15) is 17.3 Å². The average molecular weight is 400 g/mol. The molecular weight excluding hydrogens is 375 g/mol. The molecule has 0 aromatic heterocycles. The van der Waals surface area contributed by atoms with Crippen LogP contribution in [0.4, 0.5) is 10.1 Å². The van der Waals surface area contributed by atoms with Crippen molar-refractivity contribution in [1.82, 2.24) is 4.90 Å². The number of hydrogen-bond acceptors (Lipinski definition) is 5. The van der Waals surface area contributed by atoms with Gasteiger partial charge in [-0.05, 0) is 44.2 Å². The van der Waals surface area contributed by atoms with Crippen molar-refractivity contribution in [1.29, 1.82) is 0 Å². The number of hydrogen-bond donors (Lipinski definition) is 0. The minimum atomic E-state index is -0.425. The Bertz CT molecular complexity index is 911. The number of halogens is 1. The van der Waals surface area contributed by atoms with Gasteiger partial charge in [0, 0.05) is 42.9 Å². The summed E-state index contributed by atoms with van der Waals surface area (Å²) in [7, 11) is 3.11. The summed E-state index contributed by atoms with van der Waals surface area (Å²) in [5.41, 5.74) is 2.12. The van der Waals surface area contributed by atoms with Gasteiger partial charge in [0.2, 0.25) is 0 Å². The summed E-state index contributed by atoms with van der Waals surface area (Å²) in [5, 5.41) is 0. The Balaban J connectivity index is 1.72. The summed E-state index contributed by atoms with van der Waals surface area (Å²) < 4.78 is 25.1. The lowest BCUT2D eigenvalue weighted by Gasteiger charge is -2.36. The van der Waals surface area contributed by atoms with E-state index in [0.29, 0.717) is 54.5 Å². The van der Waals surface area contributed by atoms with Crippen molar-refractivity contribution < 1.29 is 23.5 Å². The van der Waals surface area contributed by atoms with Crippen LogP contribution in [0, 0.1) is 12.7 Å². The van der Waals surface area contributed by atoms with Crippen LogP contribution < -0.4 is 14.4 Å². The maximum absolute atomic E-state index is 14.4. The molecule has 2 aromatic rings. The molecule has 0 bridgehead atoms. The Labute approximate surface area is 169 Å².